The molecule has 0 bridgehead atoms. The van der Waals surface area contributed by atoms with Crippen molar-refractivity contribution in [1.29, 1.82) is 0 Å². The second-order valence-corrected chi connectivity index (χ2v) is 8.93. The van der Waals surface area contributed by atoms with Crippen LogP contribution in [0.3, 0.4) is 0 Å². The van der Waals surface area contributed by atoms with Gasteiger partial charge in [0.2, 0.25) is 0 Å². The standard InChI is InChI=1S/C12H7AsN2O6/c16-13(17)11-5-7(14(18)19)1-3-9(11)10-4-2-8(15(20)21)6-12(10)13/h1-6H,(H,16,17). The van der Waals surface area contributed by atoms with Gasteiger partial charge in [-0.05, 0) is 0 Å². The zero-order chi connectivity index (χ0) is 15.4. The zero-order valence-electron chi connectivity index (χ0n) is 10.3. The predicted molar refractivity (Wildman–Crippen MR) is 73.1 cm³/mol. The fraction of sp³-hybridized carbons (Fsp3) is 0. The summed E-state index contributed by atoms with van der Waals surface area (Å²) in [6.45, 7) is 0. The van der Waals surface area contributed by atoms with Crippen LogP contribution < -0.4 is 8.70 Å². The Bertz CT molecular complexity index is 795. The molecule has 0 fully saturated rings. The molecule has 0 aromatic heterocycles. The molecule has 0 amide bonds. The van der Waals surface area contributed by atoms with Gasteiger partial charge >= 0.3 is 119 Å². The van der Waals surface area contributed by atoms with Gasteiger partial charge in [-0.25, -0.2) is 0 Å². The Morgan fingerprint density at radius 1 is 0.857 bits per heavy atom. The molecular weight excluding hydrogens is 343 g/mol. The summed E-state index contributed by atoms with van der Waals surface area (Å²) < 4.78 is 22.9. The molecule has 9 heteroatoms. The second-order valence-electron chi connectivity index (χ2n) is 4.49. The average molecular weight is 350 g/mol. The molecule has 0 radical (unpaired) electrons. The number of fused-ring (bicyclic) bond motifs is 3. The fourth-order valence-corrected chi connectivity index (χ4v) is 6.38. The number of nitrogens with zero attached hydrogens (tertiary/aromatic N) is 2. The summed E-state index contributed by atoms with van der Waals surface area (Å²) in [6, 6.07) is 7.42. The molecular formula is C12H7AsN2O6. The normalized spacial score (nSPS) is 14.3. The molecule has 3 rings (SSSR count). The number of non-ortho nitro benzene ring substituents is 2. The van der Waals surface area contributed by atoms with Crippen molar-refractivity contribution in [1.82, 2.24) is 0 Å². The number of benzene rings is 2. The number of nitro groups is 2. The van der Waals surface area contributed by atoms with E-state index in [0.29, 0.717) is 11.1 Å². The molecule has 0 aliphatic carbocycles. The van der Waals surface area contributed by atoms with Gasteiger partial charge in [0, 0.05) is 0 Å². The van der Waals surface area contributed by atoms with Crippen LogP contribution in [0.25, 0.3) is 11.1 Å². The van der Waals surface area contributed by atoms with Crippen LogP contribution in [-0.4, -0.2) is 27.8 Å². The molecule has 0 saturated carbocycles. The van der Waals surface area contributed by atoms with Gasteiger partial charge in [0.25, 0.3) is 0 Å². The molecule has 8 nitrogen and oxygen atoms in total. The molecule has 1 N–H and O–H groups in total. The van der Waals surface area contributed by atoms with Gasteiger partial charge in [0.1, 0.15) is 0 Å². The van der Waals surface area contributed by atoms with Crippen molar-refractivity contribution in [3.05, 3.63) is 56.6 Å². The Labute approximate surface area is 120 Å². The summed E-state index contributed by atoms with van der Waals surface area (Å²) in [4.78, 5) is 20.3. The van der Waals surface area contributed by atoms with Crippen LogP contribution in [0.4, 0.5) is 11.4 Å². The summed E-state index contributed by atoms with van der Waals surface area (Å²) >= 11 is -4.79. The van der Waals surface area contributed by atoms with Crippen LogP contribution in [0.1, 0.15) is 0 Å². The van der Waals surface area contributed by atoms with Gasteiger partial charge in [-0.2, -0.15) is 0 Å². The van der Waals surface area contributed by atoms with Crippen molar-refractivity contribution < 1.29 is 17.7 Å². The summed E-state index contributed by atoms with van der Waals surface area (Å²) in [5.74, 6) is 0. The third kappa shape index (κ3) is 1.88. The topological polar surface area (TPSA) is 124 Å². The van der Waals surface area contributed by atoms with Gasteiger partial charge in [0.15, 0.2) is 0 Å². The molecule has 2 aromatic rings. The third-order valence-electron chi connectivity index (χ3n) is 3.33. The van der Waals surface area contributed by atoms with Gasteiger partial charge in [0.05, 0.1) is 0 Å². The predicted octanol–water partition coefficient (Wildman–Crippen LogP) is 0.463. The molecule has 1 heterocycles. The first-order chi connectivity index (χ1) is 9.82. The van der Waals surface area contributed by atoms with E-state index in [1.165, 1.54) is 24.3 Å². The van der Waals surface area contributed by atoms with Crippen LogP contribution in [0.5, 0.6) is 0 Å². The summed E-state index contributed by atoms with van der Waals surface area (Å²) in [7, 11) is 0. The quantitative estimate of drug-likeness (QED) is 0.477. The third-order valence-corrected chi connectivity index (χ3v) is 7.62. The van der Waals surface area contributed by atoms with E-state index >= 15 is 0 Å². The van der Waals surface area contributed by atoms with E-state index in [9.17, 15) is 28.1 Å². The molecule has 0 saturated heterocycles. The van der Waals surface area contributed by atoms with Crippen molar-refractivity contribution in [3.63, 3.8) is 0 Å². The molecule has 1 aliphatic heterocycles. The Hall–Kier alpha value is -2.44. The number of rotatable bonds is 2. The van der Waals surface area contributed by atoms with Gasteiger partial charge < -0.3 is 0 Å². The van der Waals surface area contributed by atoms with E-state index in [4.69, 9.17) is 0 Å². The van der Waals surface area contributed by atoms with E-state index in [1.54, 1.807) is 0 Å². The van der Waals surface area contributed by atoms with E-state index in [2.05, 4.69) is 0 Å². The van der Waals surface area contributed by atoms with Crippen LogP contribution in [0.2, 0.25) is 0 Å². The average Bonchev–Trinajstić information content (AvgIpc) is 2.67. The molecule has 1 aliphatic rings. The monoisotopic (exact) mass is 350 g/mol. The van der Waals surface area contributed by atoms with E-state index in [0.717, 1.165) is 12.1 Å². The number of hydrogen-bond donors (Lipinski definition) is 1. The Kier molecular flexibility index (Phi) is 2.76. The van der Waals surface area contributed by atoms with Crippen molar-refractivity contribution in [2.75, 3.05) is 0 Å². The van der Waals surface area contributed by atoms with Gasteiger partial charge in [-0.1, -0.05) is 0 Å². The van der Waals surface area contributed by atoms with E-state index < -0.39 is 23.7 Å². The maximum atomic E-state index is 12.6. The van der Waals surface area contributed by atoms with Crippen molar-refractivity contribution in [3.8, 4) is 11.1 Å². The Morgan fingerprint density at radius 3 is 1.57 bits per heavy atom. The summed E-state index contributed by atoms with van der Waals surface area (Å²) in [5, 5.41) is 21.6. The molecule has 2 aromatic carbocycles. The molecule has 0 atom stereocenters. The SMILES string of the molecule is O=[N+]([O-])c1ccc2c(c1)[As](=O)(O)c1cc([N+](=O)[O-])ccc1-2. The second kappa shape index (κ2) is 4.27. The van der Waals surface area contributed by atoms with Crippen molar-refractivity contribution in [2.45, 2.75) is 0 Å². The summed E-state index contributed by atoms with van der Waals surface area (Å²) in [5.41, 5.74) is 0.254. The van der Waals surface area contributed by atoms with Crippen LogP contribution in [-0.2, 0) is 3.74 Å². The molecule has 21 heavy (non-hydrogen) atoms. The fourth-order valence-electron chi connectivity index (χ4n) is 2.35. The first-order valence-corrected chi connectivity index (χ1v) is 9.22. The van der Waals surface area contributed by atoms with E-state index in [1.807, 2.05) is 0 Å². The van der Waals surface area contributed by atoms with Gasteiger partial charge in [-0.3, -0.25) is 0 Å². The Morgan fingerprint density at radius 2 is 1.24 bits per heavy atom. The number of hydrogen-bond acceptors (Lipinski definition) is 5. The minimum absolute atomic E-state index is 0.00202. The first kappa shape index (κ1) is 13.5. The van der Waals surface area contributed by atoms with Crippen molar-refractivity contribution in [2.24, 2.45) is 0 Å². The van der Waals surface area contributed by atoms with Crippen molar-refractivity contribution >= 4 is 33.9 Å². The van der Waals surface area contributed by atoms with Gasteiger partial charge in [-0.15, -0.1) is 0 Å². The van der Waals surface area contributed by atoms with Crippen LogP contribution in [0.15, 0.2) is 36.4 Å². The zero-order valence-corrected chi connectivity index (χ0v) is 12.2. The van der Waals surface area contributed by atoms with Crippen LogP contribution in [0, 0.1) is 20.2 Å². The van der Waals surface area contributed by atoms with E-state index in [-0.39, 0.29) is 20.1 Å². The Balaban J connectivity index is 2.29. The number of nitro benzene ring substituents is 2. The molecule has 0 unspecified atom stereocenters. The molecule has 106 valence electrons. The van der Waals surface area contributed by atoms with Crippen LogP contribution >= 0.6 is 0 Å². The molecule has 0 spiro atoms. The minimum atomic E-state index is -4.79. The summed E-state index contributed by atoms with van der Waals surface area (Å²) in [6.07, 6.45) is 0. The first-order valence-electron chi connectivity index (χ1n) is 5.73. The maximum absolute atomic E-state index is 12.6.